The van der Waals surface area contributed by atoms with Crippen molar-refractivity contribution in [1.29, 1.82) is 0 Å². The summed E-state index contributed by atoms with van der Waals surface area (Å²) in [4.78, 5) is 0. The number of methoxy groups -OCH3 is 1. The van der Waals surface area contributed by atoms with Gasteiger partial charge in [-0.2, -0.15) is 0 Å². The summed E-state index contributed by atoms with van der Waals surface area (Å²) in [6.07, 6.45) is 1.56. The normalized spacial score (nSPS) is 13.3. The standard InChI is InChI=1S/C11H17ClN2O3S/c1-17-11-7-8(12)3-4-9(11)10(14-13)5-6-18(2,15)16/h3-4,7,10,14H,5-6,13H2,1-2H3. The van der Waals surface area contributed by atoms with Crippen molar-refractivity contribution in [3.05, 3.63) is 28.8 Å². The highest BCUT2D eigenvalue weighted by Crippen LogP contribution is 2.29. The average Bonchev–Trinajstić information content (AvgIpc) is 2.29. The van der Waals surface area contributed by atoms with Gasteiger partial charge in [-0.15, -0.1) is 0 Å². The van der Waals surface area contributed by atoms with Gasteiger partial charge in [-0.3, -0.25) is 11.3 Å². The first kappa shape index (κ1) is 15.2. The van der Waals surface area contributed by atoms with Crippen molar-refractivity contribution in [2.45, 2.75) is 12.5 Å². The predicted octanol–water partition coefficient (Wildman–Crippen LogP) is 1.29. The molecule has 1 atom stereocenters. The maximum Gasteiger partial charge on any atom is 0.147 e. The van der Waals surface area contributed by atoms with Gasteiger partial charge in [0, 0.05) is 16.8 Å². The van der Waals surface area contributed by atoms with Crippen molar-refractivity contribution >= 4 is 21.4 Å². The van der Waals surface area contributed by atoms with Crippen LogP contribution in [-0.4, -0.2) is 27.5 Å². The molecule has 0 aromatic heterocycles. The zero-order valence-electron chi connectivity index (χ0n) is 10.3. The van der Waals surface area contributed by atoms with E-state index in [1.54, 1.807) is 18.2 Å². The lowest BCUT2D eigenvalue weighted by molar-refractivity contribution is 0.398. The third kappa shape index (κ3) is 4.45. The Hall–Kier alpha value is -0.820. The summed E-state index contributed by atoms with van der Waals surface area (Å²) in [5.41, 5.74) is 3.38. The molecule has 7 heteroatoms. The summed E-state index contributed by atoms with van der Waals surface area (Å²) in [7, 11) is -1.50. The molecule has 18 heavy (non-hydrogen) atoms. The number of halogens is 1. The number of nitrogens with one attached hydrogen (secondary N) is 1. The Labute approximate surface area is 112 Å². The summed E-state index contributed by atoms with van der Waals surface area (Å²) in [5.74, 6) is 6.09. The number of sulfone groups is 1. The molecule has 3 N–H and O–H groups in total. The number of ether oxygens (including phenoxy) is 1. The van der Waals surface area contributed by atoms with E-state index < -0.39 is 9.84 Å². The Bertz CT molecular complexity index is 505. The van der Waals surface area contributed by atoms with E-state index in [1.165, 1.54) is 13.4 Å². The Balaban J connectivity index is 2.94. The Morgan fingerprint density at radius 1 is 1.50 bits per heavy atom. The third-order valence-electron chi connectivity index (χ3n) is 2.55. The second-order valence-corrected chi connectivity index (χ2v) is 6.72. The summed E-state index contributed by atoms with van der Waals surface area (Å²) in [6, 6.07) is 4.85. The molecule has 1 aromatic carbocycles. The molecule has 0 radical (unpaired) electrons. The highest BCUT2D eigenvalue weighted by molar-refractivity contribution is 7.90. The number of hydrogen-bond donors (Lipinski definition) is 2. The maximum absolute atomic E-state index is 11.2. The van der Waals surface area contributed by atoms with Crippen molar-refractivity contribution in [3.63, 3.8) is 0 Å². The van der Waals surface area contributed by atoms with Gasteiger partial charge in [-0.1, -0.05) is 17.7 Å². The van der Waals surface area contributed by atoms with Crippen LogP contribution in [0.4, 0.5) is 0 Å². The number of hydrogen-bond acceptors (Lipinski definition) is 5. The van der Waals surface area contributed by atoms with Gasteiger partial charge in [0.25, 0.3) is 0 Å². The van der Waals surface area contributed by atoms with Crippen LogP contribution in [0.2, 0.25) is 5.02 Å². The number of benzene rings is 1. The van der Waals surface area contributed by atoms with Gasteiger partial charge in [0.15, 0.2) is 0 Å². The van der Waals surface area contributed by atoms with Crippen LogP contribution in [0.1, 0.15) is 18.0 Å². The van der Waals surface area contributed by atoms with E-state index >= 15 is 0 Å². The molecular weight excluding hydrogens is 276 g/mol. The van der Waals surface area contributed by atoms with Crippen LogP contribution in [-0.2, 0) is 9.84 Å². The summed E-state index contributed by atoms with van der Waals surface area (Å²) < 4.78 is 27.6. The molecule has 0 heterocycles. The lowest BCUT2D eigenvalue weighted by atomic mass is 10.0. The Morgan fingerprint density at radius 2 is 2.17 bits per heavy atom. The summed E-state index contributed by atoms with van der Waals surface area (Å²) in [5, 5.41) is 0.550. The van der Waals surface area contributed by atoms with Crippen molar-refractivity contribution in [1.82, 2.24) is 5.43 Å². The minimum atomic E-state index is -3.03. The smallest absolute Gasteiger partial charge is 0.147 e. The lowest BCUT2D eigenvalue weighted by Crippen LogP contribution is -2.29. The van der Waals surface area contributed by atoms with E-state index in [2.05, 4.69) is 5.43 Å². The van der Waals surface area contributed by atoms with Gasteiger partial charge in [0.2, 0.25) is 0 Å². The molecule has 0 aliphatic carbocycles. The van der Waals surface area contributed by atoms with Crippen molar-refractivity contribution in [2.24, 2.45) is 5.84 Å². The van der Waals surface area contributed by atoms with Gasteiger partial charge in [-0.25, -0.2) is 8.42 Å². The van der Waals surface area contributed by atoms with Gasteiger partial charge < -0.3 is 4.74 Å². The Morgan fingerprint density at radius 3 is 2.67 bits per heavy atom. The van der Waals surface area contributed by atoms with Crippen LogP contribution in [0.25, 0.3) is 0 Å². The van der Waals surface area contributed by atoms with E-state index in [-0.39, 0.29) is 11.8 Å². The Kier molecular flexibility index (Phi) is 5.40. The second kappa shape index (κ2) is 6.38. The molecule has 102 valence electrons. The minimum Gasteiger partial charge on any atom is -0.496 e. The van der Waals surface area contributed by atoms with Gasteiger partial charge >= 0.3 is 0 Å². The fraction of sp³-hybridized carbons (Fsp3) is 0.455. The monoisotopic (exact) mass is 292 g/mol. The van der Waals surface area contributed by atoms with Gasteiger partial charge in [0.05, 0.1) is 18.9 Å². The molecule has 0 spiro atoms. The van der Waals surface area contributed by atoms with E-state index in [1.807, 2.05) is 0 Å². The SMILES string of the molecule is COc1cc(Cl)ccc1C(CCS(C)(=O)=O)NN. The zero-order chi connectivity index (χ0) is 13.8. The van der Waals surface area contributed by atoms with Crippen LogP contribution in [0, 0.1) is 0 Å². The molecule has 1 aromatic rings. The molecule has 5 nitrogen and oxygen atoms in total. The zero-order valence-corrected chi connectivity index (χ0v) is 11.9. The lowest BCUT2D eigenvalue weighted by Gasteiger charge is -2.18. The van der Waals surface area contributed by atoms with E-state index in [4.69, 9.17) is 22.2 Å². The van der Waals surface area contributed by atoms with Crippen LogP contribution in [0.5, 0.6) is 5.75 Å². The highest BCUT2D eigenvalue weighted by Gasteiger charge is 2.17. The molecule has 0 amide bonds. The molecule has 0 aliphatic heterocycles. The topological polar surface area (TPSA) is 81.4 Å². The second-order valence-electron chi connectivity index (χ2n) is 4.02. The van der Waals surface area contributed by atoms with Gasteiger partial charge in [0.1, 0.15) is 15.6 Å². The molecule has 0 saturated heterocycles. The fourth-order valence-electron chi connectivity index (χ4n) is 1.63. The summed E-state index contributed by atoms with van der Waals surface area (Å²) >= 11 is 5.87. The average molecular weight is 293 g/mol. The first-order valence-electron chi connectivity index (χ1n) is 5.34. The predicted molar refractivity (Wildman–Crippen MR) is 72.4 cm³/mol. The molecule has 0 saturated carbocycles. The summed E-state index contributed by atoms with van der Waals surface area (Å²) in [6.45, 7) is 0. The molecule has 1 unspecified atom stereocenters. The van der Waals surface area contributed by atoms with Gasteiger partial charge in [-0.05, 0) is 18.6 Å². The highest BCUT2D eigenvalue weighted by atomic mass is 35.5. The minimum absolute atomic E-state index is 0.0493. The van der Waals surface area contributed by atoms with E-state index in [9.17, 15) is 8.42 Å². The molecule has 0 bridgehead atoms. The van der Waals surface area contributed by atoms with Crippen LogP contribution in [0.3, 0.4) is 0 Å². The van der Waals surface area contributed by atoms with E-state index in [0.29, 0.717) is 17.2 Å². The van der Waals surface area contributed by atoms with Crippen molar-refractivity contribution in [2.75, 3.05) is 19.1 Å². The van der Waals surface area contributed by atoms with Crippen molar-refractivity contribution < 1.29 is 13.2 Å². The van der Waals surface area contributed by atoms with E-state index in [0.717, 1.165) is 5.56 Å². The number of hydrazine groups is 1. The number of rotatable bonds is 6. The van der Waals surface area contributed by atoms with Crippen LogP contribution in [0.15, 0.2) is 18.2 Å². The van der Waals surface area contributed by atoms with Crippen LogP contribution >= 0.6 is 11.6 Å². The van der Waals surface area contributed by atoms with Crippen LogP contribution < -0.4 is 16.0 Å². The van der Waals surface area contributed by atoms with Crippen molar-refractivity contribution in [3.8, 4) is 5.75 Å². The molecule has 0 aliphatic rings. The number of nitrogens with two attached hydrogens (primary N) is 1. The fourth-order valence-corrected chi connectivity index (χ4v) is 2.46. The molecule has 1 rings (SSSR count). The maximum atomic E-state index is 11.2. The first-order valence-corrected chi connectivity index (χ1v) is 7.78. The molecular formula is C11H17ClN2O3S. The largest absolute Gasteiger partial charge is 0.496 e. The quantitative estimate of drug-likeness (QED) is 0.610. The molecule has 0 fully saturated rings. The first-order chi connectivity index (χ1) is 8.37. The third-order valence-corrected chi connectivity index (χ3v) is 3.76.